The molecule has 4 heteroatoms. The lowest BCUT2D eigenvalue weighted by Crippen LogP contribution is -2.06. The van der Waals surface area contributed by atoms with Crippen LogP contribution in [-0.4, -0.2) is 4.98 Å². The van der Waals surface area contributed by atoms with Crippen LogP contribution >= 0.6 is 0 Å². The molecule has 0 aliphatic rings. The second-order valence-electron chi connectivity index (χ2n) is 4.12. The van der Waals surface area contributed by atoms with Crippen LogP contribution in [0.25, 0.3) is 10.9 Å². The molecule has 1 nitrogen and oxygen atoms in total. The maximum absolute atomic E-state index is 12.8. The van der Waals surface area contributed by atoms with Crippen LogP contribution in [0.5, 0.6) is 0 Å². The lowest BCUT2D eigenvalue weighted by Gasteiger charge is -2.11. The number of aromatic amines is 1. The molecule has 0 aliphatic carbocycles. The van der Waals surface area contributed by atoms with Crippen molar-refractivity contribution in [2.45, 2.75) is 25.9 Å². The quantitative estimate of drug-likeness (QED) is 0.747. The Balaban J connectivity index is 2.79. The fraction of sp³-hybridized carbons (Fsp3) is 0.333. The highest BCUT2D eigenvalue weighted by atomic mass is 19.4. The summed E-state index contributed by atoms with van der Waals surface area (Å²) in [7, 11) is 0. The van der Waals surface area contributed by atoms with E-state index in [1.165, 1.54) is 6.07 Å². The average Bonchev–Trinajstić information content (AvgIpc) is 2.58. The SMILES string of the molecule is CC(C)c1c[nH]c2cccc(C(F)(F)F)c12. The monoisotopic (exact) mass is 227 g/mol. The molecule has 0 bridgehead atoms. The van der Waals surface area contributed by atoms with Crippen LogP contribution in [0.15, 0.2) is 24.4 Å². The van der Waals surface area contributed by atoms with E-state index >= 15 is 0 Å². The van der Waals surface area contributed by atoms with Gasteiger partial charge in [-0.15, -0.1) is 0 Å². The van der Waals surface area contributed by atoms with Gasteiger partial charge >= 0.3 is 6.18 Å². The van der Waals surface area contributed by atoms with Crippen LogP contribution in [0.4, 0.5) is 13.2 Å². The Morgan fingerprint density at radius 2 is 1.88 bits per heavy atom. The Labute approximate surface area is 91.3 Å². The zero-order chi connectivity index (χ0) is 11.9. The zero-order valence-corrected chi connectivity index (χ0v) is 9.02. The first-order valence-corrected chi connectivity index (χ1v) is 5.08. The summed E-state index contributed by atoms with van der Waals surface area (Å²) in [4.78, 5) is 2.88. The number of aromatic nitrogens is 1. The van der Waals surface area contributed by atoms with Gasteiger partial charge < -0.3 is 4.98 Å². The normalized spacial score (nSPS) is 12.6. The minimum atomic E-state index is -4.30. The van der Waals surface area contributed by atoms with Crippen LogP contribution < -0.4 is 0 Å². The fourth-order valence-electron chi connectivity index (χ4n) is 1.90. The maximum Gasteiger partial charge on any atom is 0.417 e. The number of H-pyrrole nitrogens is 1. The summed E-state index contributed by atoms with van der Waals surface area (Å²) < 4.78 is 38.5. The molecule has 1 N–H and O–H groups in total. The number of hydrogen-bond acceptors (Lipinski definition) is 0. The van der Waals surface area contributed by atoms with Gasteiger partial charge in [-0.1, -0.05) is 19.9 Å². The predicted molar refractivity (Wildman–Crippen MR) is 57.4 cm³/mol. The van der Waals surface area contributed by atoms with E-state index in [1.807, 2.05) is 13.8 Å². The average molecular weight is 227 g/mol. The van der Waals surface area contributed by atoms with Crippen molar-refractivity contribution >= 4 is 10.9 Å². The number of benzene rings is 1. The van der Waals surface area contributed by atoms with Crippen LogP contribution in [0.2, 0.25) is 0 Å². The molecule has 1 heterocycles. The number of alkyl halides is 3. The molecule has 1 aromatic heterocycles. The van der Waals surface area contributed by atoms with Crippen molar-refractivity contribution < 1.29 is 13.2 Å². The van der Waals surface area contributed by atoms with Crippen LogP contribution in [-0.2, 0) is 6.18 Å². The molecule has 0 saturated carbocycles. The first-order chi connectivity index (χ1) is 7.41. The molecule has 1 aromatic carbocycles. The molecule has 0 radical (unpaired) electrons. The third kappa shape index (κ3) is 1.68. The van der Waals surface area contributed by atoms with Gasteiger partial charge in [0.2, 0.25) is 0 Å². The third-order valence-electron chi connectivity index (χ3n) is 2.66. The van der Waals surface area contributed by atoms with Gasteiger partial charge in [-0.05, 0) is 23.6 Å². The molecule has 2 rings (SSSR count). The molecule has 16 heavy (non-hydrogen) atoms. The van der Waals surface area contributed by atoms with Crippen LogP contribution in [0.1, 0.15) is 30.9 Å². The molecule has 2 aromatic rings. The highest BCUT2D eigenvalue weighted by Crippen LogP contribution is 2.37. The first kappa shape index (κ1) is 11.0. The van der Waals surface area contributed by atoms with E-state index in [0.29, 0.717) is 16.5 Å². The van der Waals surface area contributed by atoms with E-state index in [-0.39, 0.29) is 5.92 Å². The van der Waals surface area contributed by atoms with E-state index in [1.54, 1.807) is 12.3 Å². The van der Waals surface area contributed by atoms with Gasteiger partial charge in [-0.2, -0.15) is 13.2 Å². The molecule has 0 amide bonds. The molecule has 0 atom stereocenters. The number of hydrogen-bond donors (Lipinski definition) is 1. The Morgan fingerprint density at radius 3 is 2.44 bits per heavy atom. The van der Waals surface area contributed by atoms with Crippen molar-refractivity contribution in [2.75, 3.05) is 0 Å². The predicted octanol–water partition coefficient (Wildman–Crippen LogP) is 4.31. The van der Waals surface area contributed by atoms with Gasteiger partial charge in [-0.3, -0.25) is 0 Å². The highest BCUT2D eigenvalue weighted by Gasteiger charge is 2.33. The molecule has 0 aliphatic heterocycles. The summed E-state index contributed by atoms with van der Waals surface area (Å²) in [6.07, 6.45) is -2.64. The van der Waals surface area contributed by atoms with Gasteiger partial charge in [0, 0.05) is 17.1 Å². The van der Waals surface area contributed by atoms with E-state index in [9.17, 15) is 13.2 Å². The number of rotatable bonds is 1. The third-order valence-corrected chi connectivity index (χ3v) is 2.66. The molecule has 0 fully saturated rings. The molecule has 0 unspecified atom stereocenters. The number of fused-ring (bicyclic) bond motifs is 1. The zero-order valence-electron chi connectivity index (χ0n) is 9.02. The van der Waals surface area contributed by atoms with E-state index in [2.05, 4.69) is 4.98 Å². The van der Waals surface area contributed by atoms with Crippen LogP contribution in [0, 0.1) is 0 Å². The Bertz CT molecular complexity index is 508. The Morgan fingerprint density at radius 1 is 1.19 bits per heavy atom. The molecular formula is C12H12F3N. The van der Waals surface area contributed by atoms with Gasteiger partial charge in [0.25, 0.3) is 0 Å². The maximum atomic E-state index is 12.8. The van der Waals surface area contributed by atoms with E-state index < -0.39 is 11.7 Å². The molecular weight excluding hydrogens is 215 g/mol. The summed E-state index contributed by atoms with van der Waals surface area (Å²) in [6.45, 7) is 3.77. The number of halogens is 3. The summed E-state index contributed by atoms with van der Waals surface area (Å²) in [6, 6.07) is 4.21. The minimum Gasteiger partial charge on any atom is -0.361 e. The van der Waals surface area contributed by atoms with Crippen molar-refractivity contribution in [3.63, 3.8) is 0 Å². The first-order valence-electron chi connectivity index (χ1n) is 5.08. The number of nitrogens with one attached hydrogen (secondary N) is 1. The van der Waals surface area contributed by atoms with Crippen LogP contribution in [0.3, 0.4) is 0 Å². The summed E-state index contributed by atoms with van der Waals surface area (Å²) >= 11 is 0. The van der Waals surface area contributed by atoms with Gasteiger partial charge in [0.15, 0.2) is 0 Å². The van der Waals surface area contributed by atoms with E-state index in [4.69, 9.17) is 0 Å². The lowest BCUT2D eigenvalue weighted by atomic mass is 9.98. The Kier molecular flexibility index (Phi) is 2.45. The highest BCUT2D eigenvalue weighted by molar-refractivity contribution is 5.87. The van der Waals surface area contributed by atoms with Crippen molar-refractivity contribution in [1.29, 1.82) is 0 Å². The van der Waals surface area contributed by atoms with Gasteiger partial charge in [0.1, 0.15) is 0 Å². The molecule has 86 valence electrons. The van der Waals surface area contributed by atoms with E-state index in [0.717, 1.165) is 6.07 Å². The van der Waals surface area contributed by atoms with Crippen molar-refractivity contribution in [3.8, 4) is 0 Å². The largest absolute Gasteiger partial charge is 0.417 e. The van der Waals surface area contributed by atoms with Gasteiger partial charge in [0.05, 0.1) is 5.56 Å². The topological polar surface area (TPSA) is 15.8 Å². The second-order valence-corrected chi connectivity index (χ2v) is 4.12. The Hall–Kier alpha value is -1.45. The molecule has 0 saturated heterocycles. The second kappa shape index (κ2) is 3.54. The van der Waals surface area contributed by atoms with Gasteiger partial charge in [-0.25, -0.2) is 0 Å². The van der Waals surface area contributed by atoms with Crippen molar-refractivity contribution in [3.05, 3.63) is 35.5 Å². The summed E-state index contributed by atoms with van der Waals surface area (Å²) in [5.74, 6) is 0.0669. The smallest absolute Gasteiger partial charge is 0.361 e. The lowest BCUT2D eigenvalue weighted by molar-refractivity contribution is -0.136. The summed E-state index contributed by atoms with van der Waals surface area (Å²) in [5.41, 5.74) is 0.691. The molecule has 0 spiro atoms. The van der Waals surface area contributed by atoms with Crippen molar-refractivity contribution in [2.24, 2.45) is 0 Å². The fourth-order valence-corrected chi connectivity index (χ4v) is 1.90. The summed E-state index contributed by atoms with van der Waals surface area (Å²) in [5, 5.41) is 0.296. The minimum absolute atomic E-state index is 0.0669. The standard InChI is InChI=1S/C12H12F3N/c1-7(2)8-6-16-10-5-3-4-9(11(8)10)12(13,14)15/h3-7,16H,1-2H3. The van der Waals surface area contributed by atoms with Crippen molar-refractivity contribution in [1.82, 2.24) is 4.98 Å².